The van der Waals surface area contributed by atoms with Crippen LogP contribution in [0.3, 0.4) is 0 Å². The van der Waals surface area contributed by atoms with Crippen molar-refractivity contribution in [1.82, 2.24) is 20.8 Å². The quantitative estimate of drug-likeness (QED) is 0.457. The molecule has 1 atom stereocenters. The molecule has 2 N–H and O–H groups in total. The second kappa shape index (κ2) is 8.32. The van der Waals surface area contributed by atoms with Gasteiger partial charge in [-0.1, -0.05) is 41.6 Å². The van der Waals surface area contributed by atoms with Crippen LogP contribution in [0.5, 0.6) is 0 Å². The Bertz CT molecular complexity index is 1100. The first-order valence-electron chi connectivity index (χ1n) is 9.71. The van der Waals surface area contributed by atoms with Crippen LogP contribution in [0.25, 0.3) is 10.8 Å². The lowest BCUT2D eigenvalue weighted by molar-refractivity contribution is -0.125. The van der Waals surface area contributed by atoms with Crippen molar-refractivity contribution in [2.45, 2.75) is 32.2 Å². The van der Waals surface area contributed by atoms with Gasteiger partial charge in [-0.3, -0.25) is 9.59 Å². The van der Waals surface area contributed by atoms with E-state index >= 15 is 0 Å². The fourth-order valence-corrected chi connectivity index (χ4v) is 3.47. The van der Waals surface area contributed by atoms with Crippen molar-refractivity contribution in [1.29, 1.82) is 0 Å². The van der Waals surface area contributed by atoms with Gasteiger partial charge < -0.3 is 15.2 Å². The van der Waals surface area contributed by atoms with E-state index in [2.05, 4.69) is 20.8 Å². The Morgan fingerprint density at radius 3 is 2.80 bits per heavy atom. The van der Waals surface area contributed by atoms with Crippen LogP contribution in [0.15, 0.2) is 47.0 Å². The fraction of sp³-hybridized carbons (Fsp3) is 0.286. The van der Waals surface area contributed by atoms with E-state index in [1.807, 2.05) is 30.3 Å². The Kier molecular flexibility index (Phi) is 5.42. The molecule has 0 saturated carbocycles. The number of hydrogen-bond donors (Lipinski definition) is 2. The van der Waals surface area contributed by atoms with E-state index in [9.17, 15) is 14.4 Å². The summed E-state index contributed by atoms with van der Waals surface area (Å²) in [5.41, 5.74) is 0.508. The van der Waals surface area contributed by atoms with Gasteiger partial charge in [-0.25, -0.2) is 9.69 Å². The summed E-state index contributed by atoms with van der Waals surface area (Å²) >= 11 is 0. The molecule has 154 valence electrons. The first kappa shape index (κ1) is 19.6. The largest absolute Gasteiger partial charge is 0.356 e. The molecule has 3 aromatic rings. The first-order chi connectivity index (χ1) is 14.5. The number of amides is 4. The summed E-state index contributed by atoms with van der Waals surface area (Å²) in [6, 6.07) is 11.5. The highest BCUT2D eigenvalue weighted by atomic mass is 16.5. The molecule has 0 bridgehead atoms. The zero-order valence-corrected chi connectivity index (χ0v) is 16.4. The van der Waals surface area contributed by atoms with Crippen LogP contribution in [0.1, 0.15) is 24.6 Å². The van der Waals surface area contributed by atoms with E-state index in [0.29, 0.717) is 36.8 Å². The Morgan fingerprint density at radius 2 is 2.00 bits per heavy atom. The van der Waals surface area contributed by atoms with Gasteiger partial charge in [-0.15, -0.1) is 0 Å². The molecule has 4 amide bonds. The van der Waals surface area contributed by atoms with E-state index in [4.69, 9.17) is 4.52 Å². The molecule has 1 saturated heterocycles. The van der Waals surface area contributed by atoms with Gasteiger partial charge in [0, 0.05) is 18.4 Å². The van der Waals surface area contributed by atoms with Crippen molar-refractivity contribution < 1.29 is 18.9 Å². The van der Waals surface area contributed by atoms with Gasteiger partial charge in [0.2, 0.25) is 11.8 Å². The lowest BCUT2D eigenvalue weighted by Gasteiger charge is -2.15. The van der Waals surface area contributed by atoms with Gasteiger partial charge in [0.15, 0.2) is 5.82 Å². The summed E-state index contributed by atoms with van der Waals surface area (Å²) in [6.07, 6.45) is 1.06. The molecule has 2 aromatic carbocycles. The smallest absolute Gasteiger partial charge is 0.329 e. The number of hydrogen-bond acceptors (Lipinski definition) is 6. The van der Waals surface area contributed by atoms with Gasteiger partial charge in [-0.05, 0) is 24.8 Å². The lowest BCUT2D eigenvalue weighted by atomic mass is 10.1. The molecule has 1 aliphatic heterocycles. The lowest BCUT2D eigenvalue weighted by Crippen LogP contribution is -2.37. The third kappa shape index (κ3) is 4.00. The Balaban J connectivity index is 1.35. The highest BCUT2D eigenvalue weighted by molar-refractivity contribution is 6.24. The average molecular weight is 407 g/mol. The molecular weight excluding hydrogens is 386 g/mol. The fourth-order valence-electron chi connectivity index (χ4n) is 3.47. The van der Waals surface area contributed by atoms with E-state index in [-0.39, 0.29) is 12.3 Å². The summed E-state index contributed by atoms with van der Waals surface area (Å²) < 4.78 is 5.02. The van der Waals surface area contributed by atoms with Crippen LogP contribution in [0, 0.1) is 6.92 Å². The average Bonchev–Trinajstić information content (AvgIpc) is 3.27. The predicted octanol–water partition coefficient (Wildman–Crippen LogP) is 2.10. The maximum Gasteiger partial charge on any atom is 0.329 e. The molecule has 1 aliphatic rings. The molecule has 9 nitrogen and oxygen atoms in total. The zero-order valence-electron chi connectivity index (χ0n) is 16.4. The molecule has 9 heteroatoms. The van der Waals surface area contributed by atoms with Crippen molar-refractivity contribution in [2.24, 2.45) is 0 Å². The monoisotopic (exact) mass is 407 g/mol. The van der Waals surface area contributed by atoms with Crippen LogP contribution in [-0.2, 0) is 16.0 Å². The molecular formula is C21H21N5O4. The third-order valence-electron chi connectivity index (χ3n) is 4.88. The number of aryl methyl sites for hydroxylation is 2. The summed E-state index contributed by atoms with van der Waals surface area (Å²) in [5.74, 6) is 0.342. The molecule has 4 rings (SSSR count). The van der Waals surface area contributed by atoms with Crippen LogP contribution in [0.4, 0.5) is 10.5 Å². The molecule has 1 aromatic heterocycles. The minimum Gasteiger partial charge on any atom is -0.356 e. The highest BCUT2D eigenvalue weighted by Crippen LogP contribution is 2.29. The first-order valence-corrected chi connectivity index (χ1v) is 9.71. The minimum atomic E-state index is -0.893. The summed E-state index contributed by atoms with van der Waals surface area (Å²) in [6.45, 7) is 2.14. The van der Waals surface area contributed by atoms with Gasteiger partial charge >= 0.3 is 6.03 Å². The maximum absolute atomic E-state index is 12.8. The number of carbonyl (C=O) groups is 3. The number of aromatic nitrogens is 2. The second-order valence-electron chi connectivity index (χ2n) is 7.07. The van der Waals surface area contributed by atoms with Crippen LogP contribution < -0.4 is 15.5 Å². The van der Waals surface area contributed by atoms with Gasteiger partial charge in [0.1, 0.15) is 6.04 Å². The van der Waals surface area contributed by atoms with Crippen molar-refractivity contribution in [3.63, 3.8) is 0 Å². The SMILES string of the molecule is Cc1noc(CCCNC(=O)CC2NC(=O)N(c3cccc4ccccc34)C2=O)n1. The maximum atomic E-state index is 12.8. The molecule has 0 radical (unpaired) electrons. The number of carbonyl (C=O) groups excluding carboxylic acids is 3. The second-order valence-corrected chi connectivity index (χ2v) is 7.07. The Morgan fingerprint density at radius 1 is 1.20 bits per heavy atom. The summed E-state index contributed by atoms with van der Waals surface area (Å²) in [4.78, 5) is 42.8. The number of nitrogens with zero attached hydrogens (tertiary/aromatic N) is 3. The minimum absolute atomic E-state index is 0.120. The van der Waals surface area contributed by atoms with Gasteiger partial charge in [-0.2, -0.15) is 4.98 Å². The number of nitrogens with one attached hydrogen (secondary N) is 2. The van der Waals surface area contributed by atoms with Crippen LogP contribution in [0.2, 0.25) is 0 Å². The van der Waals surface area contributed by atoms with Gasteiger partial charge in [0.25, 0.3) is 5.91 Å². The van der Waals surface area contributed by atoms with Crippen molar-refractivity contribution in [3.8, 4) is 0 Å². The van der Waals surface area contributed by atoms with E-state index in [1.54, 1.807) is 19.1 Å². The summed E-state index contributed by atoms with van der Waals surface area (Å²) in [5, 5.41) is 10.8. The van der Waals surface area contributed by atoms with Crippen LogP contribution >= 0.6 is 0 Å². The van der Waals surface area contributed by atoms with E-state index in [1.165, 1.54) is 0 Å². The number of anilines is 1. The number of urea groups is 1. The topological polar surface area (TPSA) is 117 Å². The standard InChI is InChI=1S/C21H21N5O4/c1-13-23-19(30-25-13)10-5-11-22-18(27)12-16-20(28)26(21(29)24-16)17-9-4-7-14-6-2-3-8-15(14)17/h2-4,6-9,16H,5,10-12H2,1H3,(H,22,27)(H,24,29). The Hall–Kier alpha value is -3.75. The van der Waals surface area contributed by atoms with E-state index < -0.39 is 18.0 Å². The van der Waals surface area contributed by atoms with Crippen molar-refractivity contribution >= 4 is 34.3 Å². The molecule has 1 fully saturated rings. The number of fused-ring (bicyclic) bond motifs is 1. The number of imide groups is 1. The van der Waals surface area contributed by atoms with Crippen LogP contribution in [-0.4, -0.2) is 40.6 Å². The molecule has 30 heavy (non-hydrogen) atoms. The molecule has 0 aliphatic carbocycles. The normalized spacial score (nSPS) is 16.2. The number of benzene rings is 2. The third-order valence-corrected chi connectivity index (χ3v) is 4.88. The predicted molar refractivity (Wildman–Crippen MR) is 109 cm³/mol. The molecule has 2 heterocycles. The van der Waals surface area contributed by atoms with Gasteiger partial charge in [0.05, 0.1) is 12.1 Å². The highest BCUT2D eigenvalue weighted by Gasteiger charge is 2.40. The van der Waals surface area contributed by atoms with E-state index in [0.717, 1.165) is 15.7 Å². The van der Waals surface area contributed by atoms with Crippen molar-refractivity contribution in [3.05, 3.63) is 54.2 Å². The Labute approximate surface area is 172 Å². The molecule has 1 unspecified atom stereocenters. The summed E-state index contributed by atoms with van der Waals surface area (Å²) in [7, 11) is 0. The van der Waals surface area contributed by atoms with Crippen molar-refractivity contribution in [2.75, 3.05) is 11.4 Å². The molecule has 0 spiro atoms. The zero-order chi connectivity index (χ0) is 21.1. The number of rotatable bonds is 7.